The van der Waals surface area contributed by atoms with E-state index in [-0.39, 0.29) is 5.54 Å². The number of rotatable bonds is 2. The molecule has 2 rings (SSSR count). The molecule has 3 nitrogen and oxygen atoms in total. The Morgan fingerprint density at radius 3 is 2.59 bits per heavy atom. The monoisotopic (exact) mass is 258 g/mol. The molecule has 0 radical (unpaired) electrons. The van der Waals surface area contributed by atoms with Gasteiger partial charge in [0.2, 0.25) is 0 Å². The molecule has 2 N–H and O–H groups in total. The van der Waals surface area contributed by atoms with Gasteiger partial charge in [0, 0.05) is 24.4 Å². The lowest BCUT2D eigenvalue weighted by molar-refractivity contribution is -0.102. The zero-order valence-electron chi connectivity index (χ0n) is 11.2. The third kappa shape index (κ3) is 3.16. The fourth-order valence-electron chi connectivity index (χ4n) is 3.42. The maximum absolute atomic E-state index is 6.14. The zero-order valence-corrected chi connectivity index (χ0v) is 12.0. The Labute approximate surface area is 109 Å². The summed E-state index contributed by atoms with van der Waals surface area (Å²) in [6.45, 7) is 7.56. The van der Waals surface area contributed by atoms with E-state index in [0.29, 0.717) is 12.2 Å². The van der Waals surface area contributed by atoms with E-state index in [1.165, 1.54) is 31.0 Å². The summed E-state index contributed by atoms with van der Waals surface area (Å²) in [7, 11) is 0. The van der Waals surface area contributed by atoms with Crippen molar-refractivity contribution in [3.05, 3.63) is 0 Å². The van der Waals surface area contributed by atoms with Gasteiger partial charge in [-0.2, -0.15) is 11.8 Å². The first-order chi connectivity index (χ1) is 8.16. The van der Waals surface area contributed by atoms with Crippen LogP contribution in [0.4, 0.5) is 0 Å². The highest BCUT2D eigenvalue weighted by Crippen LogP contribution is 2.34. The molecule has 2 aliphatic heterocycles. The van der Waals surface area contributed by atoms with Gasteiger partial charge >= 0.3 is 0 Å². The van der Waals surface area contributed by atoms with Gasteiger partial charge in [0.25, 0.3) is 0 Å². The molecule has 0 bridgehead atoms. The van der Waals surface area contributed by atoms with Crippen LogP contribution in [0.1, 0.15) is 33.1 Å². The number of thioether (sulfide) groups is 1. The van der Waals surface area contributed by atoms with Crippen molar-refractivity contribution in [1.82, 2.24) is 4.90 Å². The van der Waals surface area contributed by atoms with Crippen molar-refractivity contribution < 1.29 is 4.74 Å². The molecule has 0 saturated carbocycles. The van der Waals surface area contributed by atoms with Crippen LogP contribution in [0.25, 0.3) is 0 Å². The molecular formula is C13H26N2OS. The van der Waals surface area contributed by atoms with Crippen molar-refractivity contribution in [3.8, 4) is 0 Å². The normalized spacial score (nSPS) is 41.1. The molecule has 0 aromatic heterocycles. The average Bonchev–Trinajstić information content (AvgIpc) is 2.56. The summed E-state index contributed by atoms with van der Waals surface area (Å²) in [6, 6.07) is 0. The summed E-state index contributed by atoms with van der Waals surface area (Å²) in [5, 5.41) is 0. The highest BCUT2D eigenvalue weighted by atomic mass is 32.2. The minimum absolute atomic E-state index is 0.196. The Kier molecular flexibility index (Phi) is 4.75. The summed E-state index contributed by atoms with van der Waals surface area (Å²) in [5.41, 5.74) is 6.34. The first-order valence-corrected chi connectivity index (χ1v) is 8.00. The second-order valence-corrected chi connectivity index (χ2v) is 6.77. The third-order valence-electron chi connectivity index (χ3n) is 4.07. The Hall–Kier alpha value is 0.230. The molecule has 4 heteroatoms. The topological polar surface area (TPSA) is 38.5 Å². The molecule has 2 saturated heterocycles. The zero-order chi connectivity index (χ0) is 12.3. The molecule has 100 valence electrons. The van der Waals surface area contributed by atoms with Gasteiger partial charge < -0.3 is 10.5 Å². The predicted octanol–water partition coefficient (Wildman–Crippen LogP) is 1.71. The lowest BCUT2D eigenvalue weighted by Crippen LogP contribution is -2.60. The van der Waals surface area contributed by atoms with Crippen molar-refractivity contribution in [3.63, 3.8) is 0 Å². The summed E-state index contributed by atoms with van der Waals surface area (Å²) >= 11 is 2.08. The van der Waals surface area contributed by atoms with Crippen LogP contribution in [0.2, 0.25) is 0 Å². The van der Waals surface area contributed by atoms with Crippen molar-refractivity contribution in [2.75, 3.05) is 31.1 Å². The maximum atomic E-state index is 6.14. The largest absolute Gasteiger partial charge is 0.375 e. The number of nitrogens with two attached hydrogens (primary N) is 1. The van der Waals surface area contributed by atoms with E-state index in [9.17, 15) is 0 Å². The predicted molar refractivity (Wildman–Crippen MR) is 74.5 cm³/mol. The Bertz CT molecular complexity index is 232. The highest BCUT2D eigenvalue weighted by Gasteiger charge is 2.42. The van der Waals surface area contributed by atoms with Gasteiger partial charge in [-0.25, -0.2) is 0 Å². The van der Waals surface area contributed by atoms with E-state index in [2.05, 4.69) is 30.5 Å². The molecular weight excluding hydrogens is 232 g/mol. The van der Waals surface area contributed by atoms with E-state index in [4.69, 9.17) is 10.5 Å². The van der Waals surface area contributed by atoms with Crippen LogP contribution >= 0.6 is 11.8 Å². The van der Waals surface area contributed by atoms with Gasteiger partial charge in [-0.3, -0.25) is 4.90 Å². The fourth-order valence-corrected chi connectivity index (χ4v) is 4.31. The van der Waals surface area contributed by atoms with Gasteiger partial charge in [-0.1, -0.05) is 0 Å². The van der Waals surface area contributed by atoms with E-state index >= 15 is 0 Å². The molecule has 17 heavy (non-hydrogen) atoms. The molecule has 0 aliphatic carbocycles. The number of hydrogen-bond acceptors (Lipinski definition) is 4. The first-order valence-electron chi connectivity index (χ1n) is 6.84. The van der Waals surface area contributed by atoms with E-state index in [1.807, 2.05) is 0 Å². The van der Waals surface area contributed by atoms with Crippen molar-refractivity contribution >= 4 is 11.8 Å². The summed E-state index contributed by atoms with van der Waals surface area (Å²) < 4.78 is 5.88. The quantitative estimate of drug-likeness (QED) is 0.818. The Morgan fingerprint density at radius 1 is 1.24 bits per heavy atom. The molecule has 0 spiro atoms. The number of nitrogens with zero attached hydrogens (tertiary/aromatic N) is 1. The van der Waals surface area contributed by atoms with Gasteiger partial charge in [0.1, 0.15) is 0 Å². The standard InChI is InChI=1S/C13H26N2OS/c1-11-8-13(10-14,9-12(2)16-11)15-4-3-6-17-7-5-15/h11-12H,3-10,14H2,1-2H3. The lowest BCUT2D eigenvalue weighted by atomic mass is 9.82. The van der Waals surface area contributed by atoms with Gasteiger partial charge in [0.15, 0.2) is 0 Å². The van der Waals surface area contributed by atoms with Crippen molar-refractivity contribution in [1.29, 1.82) is 0 Å². The first kappa shape index (κ1) is 13.7. The molecule has 2 atom stereocenters. The van der Waals surface area contributed by atoms with Gasteiger partial charge in [-0.05, 0) is 45.4 Å². The number of hydrogen-bond donors (Lipinski definition) is 1. The third-order valence-corrected chi connectivity index (χ3v) is 5.12. The molecule has 0 aromatic rings. The second kappa shape index (κ2) is 5.91. The highest BCUT2D eigenvalue weighted by molar-refractivity contribution is 7.99. The minimum atomic E-state index is 0.196. The van der Waals surface area contributed by atoms with Crippen LogP contribution < -0.4 is 5.73 Å². The van der Waals surface area contributed by atoms with E-state index in [0.717, 1.165) is 19.4 Å². The Balaban J connectivity index is 2.10. The maximum Gasteiger partial charge on any atom is 0.0568 e. The molecule has 2 fully saturated rings. The van der Waals surface area contributed by atoms with Gasteiger partial charge in [0.05, 0.1) is 12.2 Å². The summed E-state index contributed by atoms with van der Waals surface area (Å²) in [6.07, 6.45) is 4.18. The molecule has 0 aromatic carbocycles. The van der Waals surface area contributed by atoms with Crippen LogP contribution in [0, 0.1) is 0 Å². The smallest absolute Gasteiger partial charge is 0.0568 e. The van der Waals surface area contributed by atoms with Crippen LogP contribution in [-0.2, 0) is 4.74 Å². The number of ether oxygens (including phenoxy) is 1. The van der Waals surface area contributed by atoms with Crippen LogP contribution in [0.3, 0.4) is 0 Å². The Morgan fingerprint density at radius 2 is 1.94 bits per heavy atom. The molecule has 2 aliphatic rings. The molecule has 2 heterocycles. The second-order valence-electron chi connectivity index (χ2n) is 5.55. The van der Waals surface area contributed by atoms with Crippen molar-refractivity contribution in [2.45, 2.75) is 50.9 Å². The SMILES string of the molecule is CC1CC(CN)(N2CCCSCC2)CC(C)O1. The fraction of sp³-hybridized carbons (Fsp3) is 1.00. The summed E-state index contributed by atoms with van der Waals surface area (Å²) in [4.78, 5) is 2.66. The van der Waals surface area contributed by atoms with Crippen molar-refractivity contribution in [2.24, 2.45) is 5.73 Å². The van der Waals surface area contributed by atoms with E-state index in [1.54, 1.807) is 0 Å². The van der Waals surface area contributed by atoms with Crippen LogP contribution in [0.5, 0.6) is 0 Å². The van der Waals surface area contributed by atoms with Gasteiger partial charge in [-0.15, -0.1) is 0 Å². The molecule has 2 unspecified atom stereocenters. The average molecular weight is 258 g/mol. The van der Waals surface area contributed by atoms with Crippen LogP contribution in [-0.4, -0.2) is 53.8 Å². The molecule has 0 amide bonds. The van der Waals surface area contributed by atoms with E-state index < -0.39 is 0 Å². The van der Waals surface area contributed by atoms with Crippen LogP contribution in [0.15, 0.2) is 0 Å². The minimum Gasteiger partial charge on any atom is -0.375 e. The lowest BCUT2D eigenvalue weighted by Gasteiger charge is -2.49. The summed E-state index contributed by atoms with van der Waals surface area (Å²) in [5.74, 6) is 2.56.